The summed E-state index contributed by atoms with van der Waals surface area (Å²) in [6.07, 6.45) is 4.11. The van der Waals surface area contributed by atoms with E-state index in [1.54, 1.807) is 0 Å². The maximum Gasteiger partial charge on any atom is 0.223 e. The van der Waals surface area contributed by atoms with Crippen LogP contribution < -0.4 is 0 Å². The average Bonchev–Trinajstić information content (AvgIpc) is 2.92. The Labute approximate surface area is 125 Å². The van der Waals surface area contributed by atoms with Crippen LogP contribution in [0, 0.1) is 5.92 Å². The van der Waals surface area contributed by atoms with Crippen molar-refractivity contribution in [2.24, 2.45) is 5.92 Å². The second-order valence-electron chi connectivity index (χ2n) is 6.02. The van der Waals surface area contributed by atoms with Gasteiger partial charge in [0.15, 0.2) is 0 Å². The molecule has 2 aliphatic heterocycles. The van der Waals surface area contributed by atoms with E-state index in [0.29, 0.717) is 19.6 Å². The smallest absolute Gasteiger partial charge is 0.223 e. The lowest BCUT2D eigenvalue weighted by Gasteiger charge is -2.36. The standard InChI is InChI=1S/C17H21NO3/c19-10-14-8-15-6-7-16(18(15)17(20)9-14)12-21-11-13-4-2-1-3-5-13/h1-5,10,14-16H,6-9,11-12H2/t14?,15?,16-/m0/s1. The van der Waals surface area contributed by atoms with Gasteiger partial charge in [-0.2, -0.15) is 0 Å². The molecule has 0 aliphatic carbocycles. The van der Waals surface area contributed by atoms with Crippen molar-refractivity contribution in [2.45, 2.75) is 44.4 Å². The lowest BCUT2D eigenvalue weighted by Crippen LogP contribution is -2.48. The third-order valence-corrected chi connectivity index (χ3v) is 4.53. The van der Waals surface area contributed by atoms with Gasteiger partial charge >= 0.3 is 0 Å². The molecule has 2 heterocycles. The molecule has 1 aromatic carbocycles. The fourth-order valence-corrected chi connectivity index (χ4v) is 3.52. The first kappa shape index (κ1) is 14.3. The van der Waals surface area contributed by atoms with Crippen LogP contribution in [-0.4, -0.2) is 35.8 Å². The molecule has 112 valence electrons. The van der Waals surface area contributed by atoms with E-state index in [1.807, 2.05) is 35.2 Å². The summed E-state index contributed by atoms with van der Waals surface area (Å²) in [6, 6.07) is 10.5. The molecule has 21 heavy (non-hydrogen) atoms. The van der Waals surface area contributed by atoms with Crippen molar-refractivity contribution < 1.29 is 14.3 Å². The Balaban J connectivity index is 1.53. The summed E-state index contributed by atoms with van der Waals surface area (Å²) < 4.78 is 5.79. The predicted octanol–water partition coefficient (Wildman–Crippen LogP) is 2.17. The highest BCUT2D eigenvalue weighted by molar-refractivity contribution is 5.81. The van der Waals surface area contributed by atoms with Crippen LogP contribution in [0.2, 0.25) is 0 Å². The van der Waals surface area contributed by atoms with Crippen molar-refractivity contribution in [1.82, 2.24) is 4.90 Å². The van der Waals surface area contributed by atoms with Crippen molar-refractivity contribution in [3.8, 4) is 0 Å². The summed E-state index contributed by atoms with van der Waals surface area (Å²) in [5.41, 5.74) is 1.15. The van der Waals surface area contributed by atoms with Crippen molar-refractivity contribution in [1.29, 1.82) is 0 Å². The number of hydrogen-bond acceptors (Lipinski definition) is 3. The largest absolute Gasteiger partial charge is 0.375 e. The number of carbonyl (C=O) groups excluding carboxylic acids is 2. The van der Waals surface area contributed by atoms with E-state index in [-0.39, 0.29) is 23.9 Å². The first-order chi connectivity index (χ1) is 10.3. The third kappa shape index (κ3) is 3.16. The van der Waals surface area contributed by atoms with Crippen molar-refractivity contribution >= 4 is 12.2 Å². The van der Waals surface area contributed by atoms with E-state index >= 15 is 0 Å². The van der Waals surface area contributed by atoms with Crippen molar-refractivity contribution in [2.75, 3.05) is 6.61 Å². The summed E-state index contributed by atoms with van der Waals surface area (Å²) in [7, 11) is 0. The monoisotopic (exact) mass is 287 g/mol. The molecule has 0 saturated carbocycles. The first-order valence-electron chi connectivity index (χ1n) is 7.66. The van der Waals surface area contributed by atoms with Gasteiger partial charge in [0.1, 0.15) is 6.29 Å². The molecule has 0 radical (unpaired) electrons. The van der Waals surface area contributed by atoms with Gasteiger partial charge in [0, 0.05) is 18.4 Å². The number of ether oxygens (including phenoxy) is 1. The fourth-order valence-electron chi connectivity index (χ4n) is 3.52. The highest BCUT2D eigenvalue weighted by Crippen LogP contribution is 2.34. The molecule has 4 heteroatoms. The van der Waals surface area contributed by atoms with Gasteiger partial charge in [-0.25, -0.2) is 0 Å². The Morgan fingerprint density at radius 2 is 2.05 bits per heavy atom. The van der Waals surface area contributed by atoms with Gasteiger partial charge in [-0.15, -0.1) is 0 Å². The second-order valence-corrected chi connectivity index (χ2v) is 6.02. The number of hydrogen-bond donors (Lipinski definition) is 0. The highest BCUT2D eigenvalue weighted by atomic mass is 16.5. The van der Waals surface area contributed by atoms with Crippen LogP contribution in [0.3, 0.4) is 0 Å². The van der Waals surface area contributed by atoms with E-state index in [9.17, 15) is 9.59 Å². The van der Waals surface area contributed by atoms with Gasteiger partial charge in [-0.05, 0) is 24.8 Å². The van der Waals surface area contributed by atoms with E-state index in [0.717, 1.165) is 31.1 Å². The number of piperidine rings is 1. The summed E-state index contributed by atoms with van der Waals surface area (Å²) in [4.78, 5) is 25.1. The molecule has 2 aliphatic rings. The van der Waals surface area contributed by atoms with Crippen molar-refractivity contribution in [3.05, 3.63) is 35.9 Å². The minimum atomic E-state index is -0.0808. The summed E-state index contributed by atoms with van der Waals surface area (Å²) in [5.74, 6) is 0.0388. The minimum absolute atomic E-state index is 0.0808. The lowest BCUT2D eigenvalue weighted by molar-refractivity contribution is -0.142. The van der Waals surface area contributed by atoms with E-state index in [4.69, 9.17) is 4.74 Å². The van der Waals surface area contributed by atoms with Crippen molar-refractivity contribution in [3.63, 3.8) is 0 Å². The van der Waals surface area contributed by atoms with Crippen LogP contribution in [0.25, 0.3) is 0 Å². The number of aldehydes is 1. The van der Waals surface area contributed by atoms with Gasteiger partial charge < -0.3 is 14.4 Å². The Hall–Kier alpha value is -1.68. The molecule has 2 fully saturated rings. The SMILES string of the molecule is O=CC1CC(=O)N2C(CC[C@H]2COCc2ccccc2)C1. The fraction of sp³-hybridized carbons (Fsp3) is 0.529. The maximum atomic E-state index is 12.2. The third-order valence-electron chi connectivity index (χ3n) is 4.53. The maximum absolute atomic E-state index is 12.2. The first-order valence-corrected chi connectivity index (χ1v) is 7.66. The molecule has 2 unspecified atom stereocenters. The number of carbonyl (C=O) groups is 2. The molecular formula is C17H21NO3. The molecule has 0 bridgehead atoms. The molecular weight excluding hydrogens is 266 g/mol. The topological polar surface area (TPSA) is 46.6 Å². The number of amides is 1. The van der Waals surface area contributed by atoms with Gasteiger partial charge in [0.25, 0.3) is 0 Å². The summed E-state index contributed by atoms with van der Waals surface area (Å²) in [6.45, 7) is 1.17. The van der Waals surface area contributed by atoms with E-state index < -0.39 is 0 Å². The Morgan fingerprint density at radius 3 is 2.81 bits per heavy atom. The van der Waals surface area contributed by atoms with Gasteiger partial charge in [0.05, 0.1) is 19.3 Å². The number of benzene rings is 1. The molecule has 2 saturated heterocycles. The van der Waals surface area contributed by atoms with Gasteiger partial charge in [0.2, 0.25) is 5.91 Å². The molecule has 0 spiro atoms. The van der Waals surface area contributed by atoms with Crippen LogP contribution in [0.1, 0.15) is 31.2 Å². The average molecular weight is 287 g/mol. The normalized spacial score (nSPS) is 28.5. The zero-order valence-electron chi connectivity index (χ0n) is 12.1. The van der Waals surface area contributed by atoms with Crippen LogP contribution in [0.4, 0.5) is 0 Å². The molecule has 1 amide bonds. The molecule has 1 aromatic rings. The van der Waals surface area contributed by atoms with Crippen LogP contribution in [0.5, 0.6) is 0 Å². The molecule has 4 nitrogen and oxygen atoms in total. The number of rotatable bonds is 5. The predicted molar refractivity (Wildman–Crippen MR) is 78.5 cm³/mol. The highest BCUT2D eigenvalue weighted by Gasteiger charge is 2.41. The van der Waals surface area contributed by atoms with Crippen LogP contribution in [-0.2, 0) is 20.9 Å². The van der Waals surface area contributed by atoms with Crippen LogP contribution >= 0.6 is 0 Å². The number of nitrogens with zero attached hydrogens (tertiary/aromatic N) is 1. The summed E-state index contributed by atoms with van der Waals surface area (Å²) >= 11 is 0. The molecule has 3 rings (SSSR count). The quantitative estimate of drug-likeness (QED) is 0.780. The minimum Gasteiger partial charge on any atom is -0.375 e. The Kier molecular flexibility index (Phi) is 4.34. The van der Waals surface area contributed by atoms with Crippen LogP contribution in [0.15, 0.2) is 30.3 Å². The molecule has 3 atom stereocenters. The van der Waals surface area contributed by atoms with Gasteiger partial charge in [-0.3, -0.25) is 4.79 Å². The number of fused-ring (bicyclic) bond motifs is 1. The van der Waals surface area contributed by atoms with Gasteiger partial charge in [-0.1, -0.05) is 30.3 Å². The van der Waals surface area contributed by atoms with E-state index in [2.05, 4.69) is 0 Å². The zero-order valence-corrected chi connectivity index (χ0v) is 12.1. The molecule has 0 aromatic heterocycles. The molecule has 0 N–H and O–H groups in total. The second kappa shape index (κ2) is 6.39. The Morgan fingerprint density at radius 1 is 1.24 bits per heavy atom. The van der Waals surface area contributed by atoms with E-state index in [1.165, 1.54) is 0 Å². The summed E-state index contributed by atoms with van der Waals surface area (Å²) in [5, 5.41) is 0. The zero-order chi connectivity index (χ0) is 14.7. The lowest BCUT2D eigenvalue weighted by atomic mass is 9.92. The Bertz CT molecular complexity index is 502.